The largest absolute Gasteiger partial charge is 0.341 e. The first-order chi connectivity index (χ1) is 12.6. The number of rotatable bonds is 4. The van der Waals surface area contributed by atoms with Gasteiger partial charge in [-0.3, -0.25) is 9.89 Å². The van der Waals surface area contributed by atoms with Crippen LogP contribution in [0.15, 0.2) is 30.5 Å². The third-order valence-electron chi connectivity index (χ3n) is 5.44. The number of para-hydroxylation sites is 2. The Morgan fingerprint density at radius 3 is 2.96 bits per heavy atom. The number of aromatic nitrogens is 4. The van der Waals surface area contributed by atoms with E-state index in [0.29, 0.717) is 12.5 Å². The van der Waals surface area contributed by atoms with Crippen LogP contribution in [0.1, 0.15) is 29.9 Å². The number of likely N-dealkylation sites (tertiary alicyclic amines) is 1. The standard InChI is InChI=1S/C20H25N5O/c1-14-11-21-23-18(14)10-16-6-5-9-24(12-16)20(26)13-25-15(2)22-17-7-3-4-8-19(17)25/h3-4,7-8,11,16H,5-6,9-10,12-13H2,1-2H3,(H,21,23)/t16-/m1/s1. The van der Waals surface area contributed by atoms with Crippen LogP contribution in [-0.2, 0) is 17.8 Å². The number of aromatic amines is 1. The molecule has 0 spiro atoms. The fraction of sp³-hybridized carbons (Fsp3) is 0.450. The van der Waals surface area contributed by atoms with Crippen LogP contribution in [0, 0.1) is 19.8 Å². The van der Waals surface area contributed by atoms with E-state index in [2.05, 4.69) is 22.1 Å². The first kappa shape index (κ1) is 16.8. The lowest BCUT2D eigenvalue weighted by atomic mass is 9.92. The van der Waals surface area contributed by atoms with Gasteiger partial charge in [0.1, 0.15) is 12.4 Å². The van der Waals surface area contributed by atoms with Crippen molar-refractivity contribution < 1.29 is 4.79 Å². The molecule has 0 unspecified atom stereocenters. The van der Waals surface area contributed by atoms with Gasteiger partial charge in [0.15, 0.2) is 0 Å². The van der Waals surface area contributed by atoms with E-state index in [1.165, 1.54) is 11.3 Å². The van der Waals surface area contributed by atoms with Crippen molar-refractivity contribution in [2.24, 2.45) is 5.92 Å². The molecule has 1 aliphatic heterocycles. The van der Waals surface area contributed by atoms with Gasteiger partial charge >= 0.3 is 0 Å². The number of H-pyrrole nitrogens is 1. The van der Waals surface area contributed by atoms with E-state index in [9.17, 15) is 4.79 Å². The van der Waals surface area contributed by atoms with E-state index >= 15 is 0 Å². The molecule has 1 N–H and O–H groups in total. The number of fused-ring (bicyclic) bond motifs is 1. The van der Waals surface area contributed by atoms with Crippen molar-refractivity contribution >= 4 is 16.9 Å². The maximum Gasteiger partial charge on any atom is 0.242 e. The molecule has 2 aromatic heterocycles. The second kappa shape index (κ2) is 6.94. The molecule has 136 valence electrons. The van der Waals surface area contributed by atoms with Crippen molar-refractivity contribution in [1.29, 1.82) is 0 Å². The SMILES string of the molecule is Cc1cn[nH]c1C[C@H]1CCCN(C(=O)Cn2c(C)nc3ccccc32)C1. The third kappa shape index (κ3) is 3.23. The fourth-order valence-corrected chi connectivity index (χ4v) is 3.96. The van der Waals surface area contributed by atoms with E-state index in [4.69, 9.17) is 0 Å². The Morgan fingerprint density at radius 2 is 2.15 bits per heavy atom. The number of carbonyl (C=O) groups excluding carboxylic acids is 1. The van der Waals surface area contributed by atoms with Crippen LogP contribution in [0.5, 0.6) is 0 Å². The lowest BCUT2D eigenvalue weighted by molar-refractivity contribution is -0.133. The third-order valence-corrected chi connectivity index (χ3v) is 5.44. The van der Waals surface area contributed by atoms with Gasteiger partial charge in [-0.1, -0.05) is 12.1 Å². The number of benzene rings is 1. The molecule has 6 heteroatoms. The molecule has 0 saturated carbocycles. The molecular formula is C20H25N5O. The summed E-state index contributed by atoms with van der Waals surface area (Å²) in [7, 11) is 0. The highest BCUT2D eigenvalue weighted by Gasteiger charge is 2.25. The molecule has 0 radical (unpaired) electrons. The van der Waals surface area contributed by atoms with Crippen LogP contribution in [0.2, 0.25) is 0 Å². The van der Waals surface area contributed by atoms with Gasteiger partial charge in [0.2, 0.25) is 5.91 Å². The number of nitrogens with one attached hydrogen (secondary N) is 1. The topological polar surface area (TPSA) is 66.8 Å². The molecule has 1 atom stereocenters. The number of hydrogen-bond acceptors (Lipinski definition) is 3. The van der Waals surface area contributed by atoms with Gasteiger partial charge in [-0.2, -0.15) is 5.10 Å². The van der Waals surface area contributed by atoms with Crippen molar-refractivity contribution in [2.45, 2.75) is 39.7 Å². The first-order valence-corrected chi connectivity index (χ1v) is 9.30. The Balaban J connectivity index is 1.45. The van der Waals surface area contributed by atoms with Crippen molar-refractivity contribution in [3.05, 3.63) is 47.5 Å². The lowest BCUT2D eigenvalue weighted by Gasteiger charge is -2.33. The molecule has 4 rings (SSSR count). The Morgan fingerprint density at radius 1 is 1.31 bits per heavy atom. The van der Waals surface area contributed by atoms with Gasteiger partial charge in [-0.25, -0.2) is 4.98 Å². The number of amides is 1. The van der Waals surface area contributed by atoms with Crippen molar-refractivity contribution in [1.82, 2.24) is 24.6 Å². The quantitative estimate of drug-likeness (QED) is 0.786. The molecule has 3 aromatic rings. The molecule has 1 aliphatic rings. The second-order valence-electron chi connectivity index (χ2n) is 7.32. The van der Waals surface area contributed by atoms with Gasteiger partial charge in [0, 0.05) is 18.8 Å². The summed E-state index contributed by atoms with van der Waals surface area (Å²) in [6.07, 6.45) is 5.05. The minimum absolute atomic E-state index is 0.183. The zero-order valence-corrected chi connectivity index (χ0v) is 15.4. The number of nitrogens with zero attached hydrogens (tertiary/aromatic N) is 4. The molecule has 1 fully saturated rings. The normalized spacial score (nSPS) is 17.8. The molecular weight excluding hydrogens is 326 g/mol. The van der Waals surface area contributed by atoms with Crippen LogP contribution >= 0.6 is 0 Å². The van der Waals surface area contributed by atoms with Crippen LogP contribution in [0.25, 0.3) is 11.0 Å². The van der Waals surface area contributed by atoms with Crippen LogP contribution < -0.4 is 0 Å². The summed E-state index contributed by atoms with van der Waals surface area (Å²) in [5.74, 6) is 1.57. The Hall–Kier alpha value is -2.63. The average Bonchev–Trinajstić information content (AvgIpc) is 3.18. The number of aryl methyl sites for hydroxylation is 2. The molecule has 0 bridgehead atoms. The summed E-state index contributed by atoms with van der Waals surface area (Å²) in [5, 5.41) is 7.21. The minimum Gasteiger partial charge on any atom is -0.341 e. The molecule has 3 heterocycles. The smallest absolute Gasteiger partial charge is 0.242 e. The highest BCUT2D eigenvalue weighted by atomic mass is 16.2. The zero-order chi connectivity index (χ0) is 18.1. The van der Waals surface area contributed by atoms with Crippen molar-refractivity contribution in [3.8, 4) is 0 Å². The van der Waals surface area contributed by atoms with Gasteiger partial charge < -0.3 is 9.47 Å². The van der Waals surface area contributed by atoms with E-state index in [1.54, 1.807) is 0 Å². The van der Waals surface area contributed by atoms with Crippen LogP contribution in [0.4, 0.5) is 0 Å². The van der Waals surface area contributed by atoms with Gasteiger partial charge in [-0.05, 0) is 56.7 Å². The highest BCUT2D eigenvalue weighted by molar-refractivity contribution is 5.81. The Bertz CT molecular complexity index is 925. The molecule has 1 saturated heterocycles. The molecule has 6 nitrogen and oxygen atoms in total. The molecule has 0 aliphatic carbocycles. The lowest BCUT2D eigenvalue weighted by Crippen LogP contribution is -2.42. The van der Waals surface area contributed by atoms with E-state index in [-0.39, 0.29) is 5.91 Å². The number of imidazole rings is 1. The van der Waals surface area contributed by atoms with Crippen molar-refractivity contribution in [3.63, 3.8) is 0 Å². The molecule has 26 heavy (non-hydrogen) atoms. The maximum atomic E-state index is 12.9. The summed E-state index contributed by atoms with van der Waals surface area (Å²) in [6, 6.07) is 8.00. The van der Waals surface area contributed by atoms with E-state index in [0.717, 1.165) is 49.2 Å². The van der Waals surface area contributed by atoms with E-state index < -0.39 is 0 Å². The molecule has 1 amide bonds. The monoisotopic (exact) mass is 351 g/mol. The fourth-order valence-electron chi connectivity index (χ4n) is 3.96. The van der Waals surface area contributed by atoms with Gasteiger partial charge in [-0.15, -0.1) is 0 Å². The predicted molar refractivity (Wildman–Crippen MR) is 101 cm³/mol. The predicted octanol–water partition coefficient (Wildman–Crippen LogP) is 2.86. The zero-order valence-electron chi connectivity index (χ0n) is 15.4. The average molecular weight is 351 g/mol. The highest BCUT2D eigenvalue weighted by Crippen LogP contribution is 2.22. The van der Waals surface area contributed by atoms with Crippen LogP contribution in [-0.4, -0.2) is 43.6 Å². The summed E-state index contributed by atoms with van der Waals surface area (Å²) in [5.41, 5.74) is 4.37. The van der Waals surface area contributed by atoms with Gasteiger partial charge in [0.05, 0.1) is 17.2 Å². The van der Waals surface area contributed by atoms with Crippen molar-refractivity contribution in [2.75, 3.05) is 13.1 Å². The summed E-state index contributed by atoms with van der Waals surface area (Å²) >= 11 is 0. The first-order valence-electron chi connectivity index (χ1n) is 9.30. The summed E-state index contributed by atoms with van der Waals surface area (Å²) < 4.78 is 2.03. The Labute approximate surface area is 153 Å². The summed E-state index contributed by atoms with van der Waals surface area (Å²) in [4.78, 5) is 19.5. The van der Waals surface area contributed by atoms with Gasteiger partial charge in [0.25, 0.3) is 0 Å². The summed E-state index contributed by atoms with van der Waals surface area (Å²) in [6.45, 7) is 6.08. The molecule has 1 aromatic carbocycles. The Kier molecular flexibility index (Phi) is 4.49. The second-order valence-corrected chi connectivity index (χ2v) is 7.32. The van der Waals surface area contributed by atoms with Crippen LogP contribution in [0.3, 0.4) is 0 Å². The number of carbonyl (C=O) groups is 1. The maximum absolute atomic E-state index is 12.9. The number of hydrogen-bond donors (Lipinski definition) is 1. The number of piperidine rings is 1. The minimum atomic E-state index is 0.183. The van der Waals surface area contributed by atoms with E-state index in [1.807, 2.05) is 46.9 Å².